The largest absolute Gasteiger partial charge is 0.330 e. The van der Waals surface area contributed by atoms with Crippen molar-refractivity contribution in [3.63, 3.8) is 0 Å². The van der Waals surface area contributed by atoms with Gasteiger partial charge in [-0.3, -0.25) is 0 Å². The van der Waals surface area contributed by atoms with E-state index < -0.39 is 0 Å². The molecule has 0 bridgehead atoms. The zero-order chi connectivity index (χ0) is 12.3. The van der Waals surface area contributed by atoms with Crippen LogP contribution in [-0.4, -0.2) is 6.54 Å². The minimum atomic E-state index is 0.213. The van der Waals surface area contributed by atoms with E-state index in [1.54, 1.807) is 0 Å². The zero-order valence-electron chi connectivity index (χ0n) is 10.1. The molecule has 0 fully saturated rings. The van der Waals surface area contributed by atoms with Crippen LogP contribution in [0.4, 0.5) is 0 Å². The molecule has 0 heterocycles. The lowest BCUT2D eigenvalue weighted by atomic mass is 9.77. The van der Waals surface area contributed by atoms with Crippen molar-refractivity contribution in [2.24, 2.45) is 17.1 Å². The lowest BCUT2D eigenvalue weighted by molar-refractivity contribution is 0.246. The summed E-state index contributed by atoms with van der Waals surface area (Å²) in [5, 5.41) is 0.817. The molecule has 0 aliphatic heterocycles. The van der Waals surface area contributed by atoms with E-state index in [4.69, 9.17) is 17.3 Å². The van der Waals surface area contributed by atoms with Gasteiger partial charge < -0.3 is 5.73 Å². The maximum absolute atomic E-state index is 6.21. The summed E-state index contributed by atoms with van der Waals surface area (Å²) in [4.78, 5) is 0. The fourth-order valence-electron chi connectivity index (χ4n) is 1.70. The van der Waals surface area contributed by atoms with Gasteiger partial charge in [0.15, 0.2) is 0 Å². The van der Waals surface area contributed by atoms with Gasteiger partial charge in [-0.1, -0.05) is 54.4 Å². The van der Waals surface area contributed by atoms with Crippen molar-refractivity contribution in [2.75, 3.05) is 6.54 Å². The first-order chi connectivity index (χ1) is 7.34. The Morgan fingerprint density at radius 1 is 1.38 bits per heavy atom. The molecule has 0 spiro atoms. The normalized spacial score (nSPS) is 13.9. The van der Waals surface area contributed by atoms with Crippen LogP contribution in [0.3, 0.4) is 0 Å². The third-order valence-electron chi connectivity index (χ3n) is 2.99. The fourth-order valence-corrected chi connectivity index (χ4v) is 2.45. The summed E-state index contributed by atoms with van der Waals surface area (Å²) < 4.78 is 1.02. The van der Waals surface area contributed by atoms with Crippen LogP contribution >= 0.6 is 27.5 Å². The Bertz CT molecular complexity index is 357. The van der Waals surface area contributed by atoms with Crippen LogP contribution in [0.25, 0.3) is 0 Å². The highest BCUT2D eigenvalue weighted by atomic mass is 79.9. The predicted octanol–water partition coefficient (Wildman–Crippen LogP) is 4.27. The summed E-state index contributed by atoms with van der Waals surface area (Å²) in [5.41, 5.74) is 7.22. The SMILES string of the molecule is CC(C)(C)C(CN)Cc1ccc(Br)cc1Cl. The summed E-state index contributed by atoms with van der Waals surface area (Å²) in [6.45, 7) is 7.35. The van der Waals surface area contributed by atoms with E-state index in [1.807, 2.05) is 12.1 Å². The number of halogens is 2. The van der Waals surface area contributed by atoms with E-state index >= 15 is 0 Å². The van der Waals surface area contributed by atoms with Crippen molar-refractivity contribution in [3.8, 4) is 0 Å². The Labute approximate surface area is 111 Å². The number of rotatable bonds is 3. The van der Waals surface area contributed by atoms with Crippen molar-refractivity contribution in [1.82, 2.24) is 0 Å². The van der Waals surface area contributed by atoms with Crippen LogP contribution in [-0.2, 0) is 6.42 Å². The first-order valence-electron chi connectivity index (χ1n) is 5.48. The van der Waals surface area contributed by atoms with E-state index in [-0.39, 0.29) is 5.41 Å². The van der Waals surface area contributed by atoms with Gasteiger partial charge in [-0.15, -0.1) is 0 Å². The van der Waals surface area contributed by atoms with Crippen LogP contribution in [0.15, 0.2) is 22.7 Å². The molecule has 2 N–H and O–H groups in total. The van der Waals surface area contributed by atoms with E-state index in [2.05, 4.69) is 42.8 Å². The molecule has 1 nitrogen and oxygen atoms in total. The summed E-state index contributed by atoms with van der Waals surface area (Å²) in [6, 6.07) is 6.03. The van der Waals surface area contributed by atoms with E-state index in [1.165, 1.54) is 5.56 Å². The van der Waals surface area contributed by atoms with Crippen LogP contribution in [0, 0.1) is 11.3 Å². The summed E-state index contributed by atoms with van der Waals surface area (Å²) in [7, 11) is 0. The fraction of sp³-hybridized carbons (Fsp3) is 0.538. The molecule has 1 aromatic carbocycles. The molecule has 90 valence electrons. The Kier molecular flexibility index (Phi) is 4.84. The Morgan fingerprint density at radius 3 is 2.44 bits per heavy atom. The maximum Gasteiger partial charge on any atom is 0.0449 e. The molecule has 1 rings (SSSR count). The molecule has 0 saturated heterocycles. The summed E-state index contributed by atoms with van der Waals surface area (Å²) in [6.07, 6.45) is 0.937. The molecule has 1 unspecified atom stereocenters. The average molecular weight is 305 g/mol. The third-order valence-corrected chi connectivity index (χ3v) is 3.84. The molecule has 1 atom stereocenters. The lowest BCUT2D eigenvalue weighted by Gasteiger charge is -2.30. The molecule has 0 aromatic heterocycles. The van der Waals surface area contributed by atoms with Gasteiger partial charge in [0.2, 0.25) is 0 Å². The molecule has 16 heavy (non-hydrogen) atoms. The van der Waals surface area contributed by atoms with Crippen molar-refractivity contribution < 1.29 is 0 Å². The lowest BCUT2D eigenvalue weighted by Crippen LogP contribution is -2.30. The minimum Gasteiger partial charge on any atom is -0.330 e. The first-order valence-corrected chi connectivity index (χ1v) is 6.65. The Morgan fingerprint density at radius 2 is 2.00 bits per heavy atom. The molecule has 3 heteroatoms. The van der Waals surface area contributed by atoms with Gasteiger partial charge in [-0.25, -0.2) is 0 Å². The topological polar surface area (TPSA) is 26.0 Å². The zero-order valence-corrected chi connectivity index (χ0v) is 12.4. The summed E-state index contributed by atoms with van der Waals surface area (Å²) >= 11 is 9.62. The number of benzene rings is 1. The smallest absolute Gasteiger partial charge is 0.0449 e. The number of nitrogens with two attached hydrogens (primary N) is 1. The van der Waals surface area contributed by atoms with Gasteiger partial charge in [-0.2, -0.15) is 0 Å². The second-order valence-electron chi connectivity index (χ2n) is 5.24. The highest BCUT2D eigenvalue weighted by Gasteiger charge is 2.24. The standard InChI is InChI=1S/C13H19BrClN/c1-13(2,3)10(8-16)6-9-4-5-11(14)7-12(9)15/h4-5,7,10H,6,8,16H2,1-3H3. The molecular formula is C13H19BrClN. The second kappa shape index (κ2) is 5.52. The van der Waals surface area contributed by atoms with Crippen molar-refractivity contribution in [3.05, 3.63) is 33.3 Å². The van der Waals surface area contributed by atoms with Gasteiger partial charge in [0.25, 0.3) is 0 Å². The van der Waals surface area contributed by atoms with E-state index in [9.17, 15) is 0 Å². The minimum absolute atomic E-state index is 0.213. The Balaban J connectivity index is 2.86. The monoisotopic (exact) mass is 303 g/mol. The van der Waals surface area contributed by atoms with Gasteiger partial charge in [0.1, 0.15) is 0 Å². The summed E-state index contributed by atoms with van der Waals surface area (Å²) in [5.74, 6) is 0.450. The maximum atomic E-state index is 6.21. The van der Waals surface area contributed by atoms with Crippen molar-refractivity contribution in [1.29, 1.82) is 0 Å². The van der Waals surface area contributed by atoms with Gasteiger partial charge >= 0.3 is 0 Å². The van der Waals surface area contributed by atoms with E-state index in [0.29, 0.717) is 12.5 Å². The molecule has 0 aliphatic rings. The first kappa shape index (κ1) is 14.0. The highest BCUT2D eigenvalue weighted by Crippen LogP contribution is 2.31. The predicted molar refractivity (Wildman–Crippen MR) is 74.9 cm³/mol. The molecule has 1 aromatic rings. The Hall–Kier alpha value is -0.0500. The molecule has 0 saturated carbocycles. The average Bonchev–Trinajstić information content (AvgIpc) is 2.14. The van der Waals surface area contributed by atoms with Crippen LogP contribution in [0.2, 0.25) is 5.02 Å². The molecule has 0 radical (unpaired) electrons. The second-order valence-corrected chi connectivity index (χ2v) is 6.56. The highest BCUT2D eigenvalue weighted by molar-refractivity contribution is 9.10. The van der Waals surface area contributed by atoms with Crippen LogP contribution in [0.5, 0.6) is 0 Å². The third kappa shape index (κ3) is 3.76. The van der Waals surface area contributed by atoms with Crippen LogP contribution in [0.1, 0.15) is 26.3 Å². The van der Waals surface area contributed by atoms with Crippen molar-refractivity contribution >= 4 is 27.5 Å². The van der Waals surface area contributed by atoms with Gasteiger partial charge in [-0.05, 0) is 42.0 Å². The van der Waals surface area contributed by atoms with Crippen LogP contribution < -0.4 is 5.73 Å². The van der Waals surface area contributed by atoms with Gasteiger partial charge in [0.05, 0.1) is 0 Å². The van der Waals surface area contributed by atoms with Gasteiger partial charge in [0, 0.05) is 9.50 Å². The molecule has 0 amide bonds. The number of hydrogen-bond donors (Lipinski definition) is 1. The molecule has 0 aliphatic carbocycles. The van der Waals surface area contributed by atoms with E-state index in [0.717, 1.165) is 15.9 Å². The quantitative estimate of drug-likeness (QED) is 0.887. The number of hydrogen-bond acceptors (Lipinski definition) is 1. The van der Waals surface area contributed by atoms with Crippen molar-refractivity contribution in [2.45, 2.75) is 27.2 Å². The molecular weight excluding hydrogens is 286 g/mol.